The summed E-state index contributed by atoms with van der Waals surface area (Å²) in [6.45, 7) is 15.3. The fourth-order valence-corrected chi connectivity index (χ4v) is 8.69. The molecule has 3 amide bonds. The second-order valence-corrected chi connectivity index (χ2v) is 17.7. The van der Waals surface area contributed by atoms with Gasteiger partial charge in [0, 0.05) is 35.2 Å². The van der Waals surface area contributed by atoms with Crippen molar-refractivity contribution in [2.45, 2.75) is 110 Å². The van der Waals surface area contributed by atoms with E-state index in [0.29, 0.717) is 44.8 Å². The van der Waals surface area contributed by atoms with Gasteiger partial charge in [-0.15, -0.1) is 17.9 Å². The first-order valence-corrected chi connectivity index (χ1v) is 20.2. The molecule has 16 heteroatoms. The molecule has 2 aromatic heterocycles. The van der Waals surface area contributed by atoms with Crippen LogP contribution in [-0.4, -0.2) is 93.4 Å². The van der Waals surface area contributed by atoms with Gasteiger partial charge in [0.1, 0.15) is 52.0 Å². The van der Waals surface area contributed by atoms with Crippen LogP contribution in [0.1, 0.15) is 73.6 Å². The van der Waals surface area contributed by atoms with Gasteiger partial charge in [-0.2, -0.15) is 0 Å². The van der Waals surface area contributed by atoms with Gasteiger partial charge in [-0.1, -0.05) is 45.4 Å². The Morgan fingerprint density at radius 1 is 1.11 bits per heavy atom. The summed E-state index contributed by atoms with van der Waals surface area (Å²) < 4.78 is 17.9. The molecule has 14 nitrogen and oxygen atoms in total. The molecule has 0 unspecified atom stereocenters. The summed E-state index contributed by atoms with van der Waals surface area (Å²) in [5, 5.41) is 22.3. The van der Waals surface area contributed by atoms with Crippen LogP contribution in [0.25, 0.3) is 22.3 Å². The zero-order chi connectivity index (χ0) is 40.7. The number of ether oxygens (including phenoxy) is 3. The number of aliphatic carboxylic acids is 1. The van der Waals surface area contributed by atoms with E-state index < -0.39 is 58.9 Å². The van der Waals surface area contributed by atoms with E-state index in [1.165, 1.54) is 29.4 Å². The predicted octanol–water partition coefficient (Wildman–Crippen LogP) is 6.66. The number of rotatable bonds is 13. The lowest BCUT2D eigenvalue weighted by Crippen LogP contribution is -2.59. The Morgan fingerprint density at radius 2 is 1.86 bits per heavy atom. The van der Waals surface area contributed by atoms with Gasteiger partial charge in [0.25, 0.3) is 0 Å². The monoisotopic (exact) mass is 810 g/mol. The van der Waals surface area contributed by atoms with Crippen molar-refractivity contribution in [3.63, 3.8) is 0 Å². The van der Waals surface area contributed by atoms with E-state index in [-0.39, 0.29) is 36.6 Å². The Morgan fingerprint density at radius 3 is 2.46 bits per heavy atom. The van der Waals surface area contributed by atoms with E-state index in [4.69, 9.17) is 35.8 Å². The number of alkyl carbamates (subject to hydrolysis) is 1. The lowest BCUT2D eigenvalue weighted by atomic mass is 9.85. The summed E-state index contributed by atoms with van der Waals surface area (Å²) in [4.78, 5) is 65.4. The van der Waals surface area contributed by atoms with Crippen molar-refractivity contribution < 1.29 is 38.5 Å². The van der Waals surface area contributed by atoms with Crippen molar-refractivity contribution in [1.82, 2.24) is 25.5 Å². The number of carboxylic acid groups (broad SMARTS) is 1. The van der Waals surface area contributed by atoms with Crippen LogP contribution in [0.3, 0.4) is 0 Å². The third-order valence-electron chi connectivity index (χ3n) is 10.7. The minimum Gasteiger partial charge on any atom is -0.495 e. The number of halogens is 1. The highest BCUT2D eigenvalue weighted by molar-refractivity contribution is 7.14. The van der Waals surface area contributed by atoms with Crippen molar-refractivity contribution >= 4 is 62.8 Å². The molecule has 0 spiro atoms. The van der Waals surface area contributed by atoms with Crippen LogP contribution in [-0.2, 0) is 19.1 Å². The van der Waals surface area contributed by atoms with Crippen molar-refractivity contribution in [3.05, 3.63) is 41.3 Å². The number of aromatic nitrogens is 2. The number of carbonyl (C=O) groups excluding carboxylic acids is 3. The van der Waals surface area contributed by atoms with Gasteiger partial charge in [-0.3, -0.25) is 9.59 Å². The Kier molecular flexibility index (Phi) is 11.8. The first-order chi connectivity index (χ1) is 26.4. The lowest BCUT2D eigenvalue weighted by Gasteiger charge is -2.35. The van der Waals surface area contributed by atoms with Crippen molar-refractivity contribution in [2.24, 2.45) is 17.3 Å². The molecule has 3 aromatic rings. The highest BCUT2D eigenvalue weighted by Gasteiger charge is 2.61. The number of fused-ring (bicyclic) bond motifs is 1. The number of nitrogens with zero attached hydrogens (tertiary/aromatic N) is 3. The van der Waals surface area contributed by atoms with E-state index in [1.807, 2.05) is 40.0 Å². The molecule has 1 aliphatic heterocycles. The zero-order valence-electron chi connectivity index (χ0n) is 32.8. The Labute approximate surface area is 335 Å². The molecule has 302 valence electrons. The van der Waals surface area contributed by atoms with Gasteiger partial charge in [-0.25, -0.2) is 19.6 Å². The number of thiazole rings is 1. The molecule has 6 rings (SSSR count). The molecule has 7 atom stereocenters. The number of hydrogen-bond acceptors (Lipinski definition) is 11. The van der Waals surface area contributed by atoms with Gasteiger partial charge >= 0.3 is 12.1 Å². The maximum absolute atomic E-state index is 14.6. The lowest BCUT2D eigenvalue weighted by molar-refractivity contribution is -0.146. The summed E-state index contributed by atoms with van der Waals surface area (Å²) >= 11 is 8.24. The molecule has 3 heterocycles. The van der Waals surface area contributed by atoms with Gasteiger partial charge in [0.2, 0.25) is 11.8 Å². The molecule has 1 aromatic carbocycles. The van der Waals surface area contributed by atoms with Crippen LogP contribution >= 0.6 is 22.9 Å². The van der Waals surface area contributed by atoms with Gasteiger partial charge < -0.3 is 40.2 Å². The number of amides is 3. The molecule has 2 saturated carbocycles. The molecule has 4 N–H and O–H groups in total. The van der Waals surface area contributed by atoms with Crippen LogP contribution in [0.5, 0.6) is 11.5 Å². The third-order valence-corrected chi connectivity index (χ3v) is 11.8. The van der Waals surface area contributed by atoms with Crippen molar-refractivity contribution in [1.29, 1.82) is 0 Å². The smallest absolute Gasteiger partial charge is 0.408 e. The molecule has 3 fully saturated rings. The second kappa shape index (κ2) is 16.1. The van der Waals surface area contributed by atoms with Gasteiger partial charge in [-0.05, 0) is 63.0 Å². The summed E-state index contributed by atoms with van der Waals surface area (Å²) in [5.74, 6) is -1.60. The molecule has 56 heavy (non-hydrogen) atoms. The number of carbonyl (C=O) groups is 4. The number of nitrogens with one attached hydrogen (secondary N) is 3. The van der Waals surface area contributed by atoms with Crippen LogP contribution in [0.15, 0.2) is 36.2 Å². The van der Waals surface area contributed by atoms with Gasteiger partial charge in [0.05, 0.1) is 24.9 Å². The maximum atomic E-state index is 14.6. The highest BCUT2D eigenvalue weighted by Crippen LogP contribution is 2.45. The molecular formula is C40H51ClN6O8S. The van der Waals surface area contributed by atoms with Crippen LogP contribution in [0.2, 0.25) is 5.02 Å². The Balaban J connectivity index is 1.34. The number of methoxy groups -OCH3 is 1. The molecular weight excluding hydrogens is 760 g/mol. The van der Waals surface area contributed by atoms with Crippen LogP contribution in [0.4, 0.5) is 9.93 Å². The maximum Gasteiger partial charge on any atom is 0.408 e. The minimum absolute atomic E-state index is 0.0233. The van der Waals surface area contributed by atoms with E-state index in [9.17, 15) is 24.3 Å². The van der Waals surface area contributed by atoms with Crippen molar-refractivity contribution in [3.8, 4) is 22.9 Å². The number of anilines is 1. The number of benzene rings is 1. The van der Waals surface area contributed by atoms with Gasteiger partial charge in [0.15, 0.2) is 5.13 Å². The van der Waals surface area contributed by atoms with Crippen LogP contribution in [0, 0.1) is 17.3 Å². The minimum atomic E-state index is -1.53. The molecule has 3 aliphatic rings. The van der Waals surface area contributed by atoms with E-state index in [0.717, 1.165) is 19.3 Å². The molecule has 2 aliphatic carbocycles. The summed E-state index contributed by atoms with van der Waals surface area (Å²) in [6.07, 6.45) is 2.44. The second-order valence-electron chi connectivity index (χ2n) is 16.5. The van der Waals surface area contributed by atoms with E-state index in [1.54, 1.807) is 18.2 Å². The molecule has 0 bridgehead atoms. The number of carboxylic acids is 1. The first kappa shape index (κ1) is 41.0. The molecule has 1 saturated heterocycles. The summed E-state index contributed by atoms with van der Waals surface area (Å²) in [7, 11) is 1.51. The average Bonchev–Trinajstić information content (AvgIpc) is 3.44. The summed E-state index contributed by atoms with van der Waals surface area (Å²) in [5.41, 5.74) is -0.851. The topological polar surface area (TPSA) is 181 Å². The first-order valence-electron chi connectivity index (χ1n) is 19.0. The fraction of sp³-hybridized carbons (Fsp3) is 0.550. The van der Waals surface area contributed by atoms with Crippen LogP contribution < -0.4 is 25.4 Å². The average molecular weight is 811 g/mol. The highest BCUT2D eigenvalue weighted by atomic mass is 35.5. The predicted molar refractivity (Wildman–Crippen MR) is 214 cm³/mol. The number of pyridine rings is 1. The standard InChI is InChI=1S/C40H51ClN6O8S/c1-9-22-17-40(22,36(50)51)46-34(48)28-15-24(18-47(28)35(49)33(39(5,6)7)45-38(52)55-23-11-10-21(4)14-23)54-30-16-26(27-19-56-37(44-27)42-20(2)3)43-32-25(30)12-13-29(53-8)31(32)41/h9,12-13,16,19-24,28,33H,1,10-11,14-15,17-18H2,2-8H3,(H,42,44)(H,45,52)(H,46,48)(H,50,51)/t21-,22-,23+,24-,28+,33-,40-/m1/s1. The normalized spacial score (nSPS) is 25.1. The van der Waals surface area contributed by atoms with E-state index in [2.05, 4.69) is 29.5 Å². The van der Waals surface area contributed by atoms with E-state index >= 15 is 0 Å². The molecule has 0 radical (unpaired) electrons. The largest absolute Gasteiger partial charge is 0.495 e. The number of hydrogen-bond donors (Lipinski definition) is 4. The fourth-order valence-electron chi connectivity index (χ4n) is 7.55. The third kappa shape index (κ3) is 8.53. The Bertz CT molecular complexity index is 2020. The number of likely N-dealkylation sites (tertiary alicyclic amines) is 1. The Hall–Kier alpha value is -4.63. The van der Waals surface area contributed by atoms with Crippen molar-refractivity contribution in [2.75, 3.05) is 19.0 Å². The quantitative estimate of drug-likeness (QED) is 0.136. The summed E-state index contributed by atoms with van der Waals surface area (Å²) in [6, 6.07) is 3.17. The zero-order valence-corrected chi connectivity index (χ0v) is 34.4. The SMILES string of the molecule is C=C[C@@H]1C[C@]1(NC(=O)[C@@H]1C[C@@H](Oc2cc(-c3csc(NC(C)C)n3)nc3c(Cl)c(OC)ccc23)CN1C(=O)[C@@H](NC(=O)O[C@H]1CC[C@@H](C)C1)C(C)(C)C)C(=O)O.